The Bertz CT molecular complexity index is 1420. The number of nitrogens with zero attached hydrogens (tertiary/aromatic N) is 2. The van der Waals surface area contributed by atoms with Gasteiger partial charge in [-0.2, -0.15) is 0 Å². The SMILES string of the molecule is CCC(OC(=O)c1c2c(nc3ccccc13)CCN(Cc1ccccc1)C2)C(=O)Nc1ccc(F)cc1. The molecule has 37 heavy (non-hydrogen) atoms. The monoisotopic (exact) mass is 497 g/mol. The van der Waals surface area contributed by atoms with Crippen LogP contribution in [-0.4, -0.2) is 34.4 Å². The average Bonchev–Trinajstić information content (AvgIpc) is 2.92. The Morgan fingerprint density at radius 2 is 1.76 bits per heavy atom. The summed E-state index contributed by atoms with van der Waals surface area (Å²) in [5, 5.41) is 3.42. The molecule has 1 aliphatic rings. The number of carbonyl (C=O) groups is 2. The van der Waals surface area contributed by atoms with E-state index in [9.17, 15) is 14.0 Å². The summed E-state index contributed by atoms with van der Waals surface area (Å²) in [6.07, 6.45) is 0.0174. The summed E-state index contributed by atoms with van der Waals surface area (Å²) in [5.41, 5.74) is 4.56. The fourth-order valence-electron chi connectivity index (χ4n) is 4.72. The molecule has 188 valence electrons. The van der Waals surface area contributed by atoms with Crippen LogP contribution in [-0.2, 0) is 29.0 Å². The van der Waals surface area contributed by atoms with Gasteiger partial charge in [0.25, 0.3) is 5.91 Å². The fraction of sp³-hybridized carbons (Fsp3) is 0.233. The molecule has 0 radical (unpaired) electrons. The van der Waals surface area contributed by atoms with Gasteiger partial charge < -0.3 is 10.1 Å². The third-order valence-electron chi connectivity index (χ3n) is 6.60. The largest absolute Gasteiger partial charge is 0.449 e. The molecule has 3 aromatic carbocycles. The third-order valence-corrected chi connectivity index (χ3v) is 6.60. The van der Waals surface area contributed by atoms with E-state index in [0.29, 0.717) is 29.6 Å². The molecule has 1 aromatic heterocycles. The van der Waals surface area contributed by atoms with Crippen molar-refractivity contribution in [2.45, 2.75) is 39.0 Å². The first-order valence-corrected chi connectivity index (χ1v) is 12.5. The molecular weight excluding hydrogens is 469 g/mol. The Balaban J connectivity index is 1.42. The van der Waals surface area contributed by atoms with Crippen molar-refractivity contribution in [3.05, 3.63) is 107 Å². The van der Waals surface area contributed by atoms with Crippen LogP contribution in [0.25, 0.3) is 10.9 Å². The van der Waals surface area contributed by atoms with Gasteiger partial charge in [-0.1, -0.05) is 55.5 Å². The smallest absolute Gasteiger partial charge is 0.340 e. The van der Waals surface area contributed by atoms with Gasteiger partial charge in [0.05, 0.1) is 11.1 Å². The van der Waals surface area contributed by atoms with Crippen molar-refractivity contribution < 1.29 is 18.7 Å². The Hall–Kier alpha value is -4.10. The zero-order valence-corrected chi connectivity index (χ0v) is 20.6. The molecule has 1 atom stereocenters. The minimum absolute atomic E-state index is 0.296. The van der Waals surface area contributed by atoms with Crippen LogP contribution in [0.15, 0.2) is 78.9 Å². The van der Waals surface area contributed by atoms with E-state index >= 15 is 0 Å². The summed E-state index contributed by atoms with van der Waals surface area (Å²) in [7, 11) is 0. The average molecular weight is 498 g/mol. The van der Waals surface area contributed by atoms with E-state index in [1.165, 1.54) is 29.8 Å². The molecule has 2 heterocycles. The van der Waals surface area contributed by atoms with Crippen LogP contribution in [0.3, 0.4) is 0 Å². The molecule has 0 aliphatic carbocycles. The number of hydrogen-bond acceptors (Lipinski definition) is 5. The second kappa shape index (κ2) is 10.9. The van der Waals surface area contributed by atoms with Gasteiger partial charge in [0, 0.05) is 48.4 Å². The Labute approximate surface area is 215 Å². The van der Waals surface area contributed by atoms with Gasteiger partial charge in [-0.05, 0) is 42.3 Å². The number of fused-ring (bicyclic) bond motifs is 2. The van der Waals surface area contributed by atoms with E-state index in [-0.39, 0.29) is 0 Å². The summed E-state index contributed by atoms with van der Waals surface area (Å²) in [6, 6.07) is 23.2. The van der Waals surface area contributed by atoms with Crippen molar-refractivity contribution >= 4 is 28.5 Å². The number of aromatic nitrogens is 1. The highest BCUT2D eigenvalue weighted by Crippen LogP contribution is 2.30. The molecule has 7 heteroatoms. The normalized spacial score (nSPS) is 14.1. The Morgan fingerprint density at radius 3 is 2.51 bits per heavy atom. The summed E-state index contributed by atoms with van der Waals surface area (Å²) < 4.78 is 19.0. The van der Waals surface area contributed by atoms with Crippen LogP contribution < -0.4 is 5.32 Å². The second-order valence-electron chi connectivity index (χ2n) is 9.17. The zero-order chi connectivity index (χ0) is 25.8. The molecule has 1 aliphatic heterocycles. The molecule has 0 saturated heterocycles. The van der Waals surface area contributed by atoms with Crippen LogP contribution >= 0.6 is 0 Å². The molecule has 6 nitrogen and oxygen atoms in total. The predicted molar refractivity (Wildman–Crippen MR) is 141 cm³/mol. The van der Waals surface area contributed by atoms with Gasteiger partial charge in [0.2, 0.25) is 0 Å². The van der Waals surface area contributed by atoms with Gasteiger partial charge in [-0.15, -0.1) is 0 Å². The van der Waals surface area contributed by atoms with Crippen LogP contribution in [0.5, 0.6) is 0 Å². The van der Waals surface area contributed by atoms with Gasteiger partial charge in [0.15, 0.2) is 6.10 Å². The molecule has 4 aromatic rings. The van der Waals surface area contributed by atoms with Crippen LogP contribution in [0, 0.1) is 5.82 Å². The number of pyridine rings is 1. The predicted octanol–water partition coefficient (Wildman–Crippen LogP) is 5.51. The van der Waals surface area contributed by atoms with Gasteiger partial charge in [-0.25, -0.2) is 9.18 Å². The number of esters is 1. The van der Waals surface area contributed by atoms with Crippen molar-refractivity contribution in [3.8, 4) is 0 Å². The molecular formula is C30H28FN3O3. The van der Waals surface area contributed by atoms with Crippen LogP contribution in [0.2, 0.25) is 0 Å². The topological polar surface area (TPSA) is 71.5 Å². The highest BCUT2D eigenvalue weighted by Gasteiger charge is 2.29. The minimum Gasteiger partial charge on any atom is -0.449 e. The van der Waals surface area contributed by atoms with E-state index in [0.717, 1.165) is 36.3 Å². The van der Waals surface area contributed by atoms with Crippen molar-refractivity contribution in [1.29, 1.82) is 0 Å². The number of nitrogens with one attached hydrogen (secondary N) is 1. The van der Waals surface area contributed by atoms with E-state index < -0.39 is 23.8 Å². The first kappa shape index (κ1) is 24.6. The van der Waals surface area contributed by atoms with Gasteiger partial charge >= 0.3 is 5.97 Å². The molecule has 5 rings (SSSR count). The van der Waals surface area contributed by atoms with Crippen molar-refractivity contribution in [2.24, 2.45) is 0 Å². The Kier molecular flexibility index (Phi) is 7.23. The first-order valence-electron chi connectivity index (χ1n) is 12.5. The lowest BCUT2D eigenvalue weighted by Crippen LogP contribution is -2.34. The lowest BCUT2D eigenvalue weighted by Gasteiger charge is -2.30. The molecule has 0 bridgehead atoms. The highest BCUT2D eigenvalue weighted by atomic mass is 19.1. The minimum atomic E-state index is -0.996. The Morgan fingerprint density at radius 1 is 1.03 bits per heavy atom. The second-order valence-corrected chi connectivity index (χ2v) is 9.17. The fourth-order valence-corrected chi connectivity index (χ4v) is 4.72. The lowest BCUT2D eigenvalue weighted by molar-refractivity contribution is -0.124. The number of carbonyl (C=O) groups excluding carboxylic acids is 2. The van der Waals surface area contributed by atoms with Gasteiger partial charge in [0.1, 0.15) is 5.82 Å². The van der Waals surface area contributed by atoms with Crippen molar-refractivity contribution in [3.63, 3.8) is 0 Å². The molecule has 0 fully saturated rings. The van der Waals surface area contributed by atoms with Gasteiger partial charge in [-0.3, -0.25) is 14.7 Å². The maximum Gasteiger partial charge on any atom is 0.340 e. The molecule has 0 saturated carbocycles. The number of benzene rings is 3. The molecule has 1 N–H and O–H groups in total. The van der Waals surface area contributed by atoms with Crippen LogP contribution in [0.4, 0.5) is 10.1 Å². The van der Waals surface area contributed by atoms with E-state index in [1.807, 2.05) is 42.5 Å². The molecule has 0 spiro atoms. The van der Waals surface area contributed by atoms with E-state index in [2.05, 4.69) is 22.3 Å². The first-order chi connectivity index (χ1) is 18.0. The third kappa shape index (κ3) is 5.52. The zero-order valence-electron chi connectivity index (χ0n) is 20.6. The highest BCUT2D eigenvalue weighted by molar-refractivity contribution is 6.06. The molecule has 1 amide bonds. The summed E-state index contributed by atoms with van der Waals surface area (Å²) in [5.74, 6) is -1.40. The summed E-state index contributed by atoms with van der Waals surface area (Å²) in [4.78, 5) is 33.7. The van der Waals surface area contributed by atoms with Crippen molar-refractivity contribution in [1.82, 2.24) is 9.88 Å². The summed E-state index contributed by atoms with van der Waals surface area (Å²) in [6.45, 7) is 3.94. The maximum absolute atomic E-state index is 13.7. The van der Waals surface area contributed by atoms with E-state index in [4.69, 9.17) is 9.72 Å². The number of ether oxygens (including phenoxy) is 1. The van der Waals surface area contributed by atoms with Crippen LogP contribution in [0.1, 0.15) is 40.5 Å². The van der Waals surface area contributed by atoms with E-state index in [1.54, 1.807) is 6.92 Å². The number of anilines is 1. The number of para-hydroxylation sites is 1. The quantitative estimate of drug-likeness (QED) is 0.341. The maximum atomic E-state index is 13.7. The van der Waals surface area contributed by atoms with Crippen molar-refractivity contribution in [2.75, 3.05) is 11.9 Å². The summed E-state index contributed by atoms with van der Waals surface area (Å²) >= 11 is 0. The number of rotatable bonds is 7. The number of amides is 1. The number of hydrogen-bond donors (Lipinski definition) is 1. The standard InChI is InChI=1S/C30H28FN3O3/c1-2-27(29(35)32-22-14-12-21(31)13-15-22)37-30(36)28-23-10-6-7-11-25(23)33-26-16-17-34(19-24(26)28)18-20-8-4-3-5-9-20/h3-15,27H,2,16-19H2,1H3,(H,32,35). The molecule has 1 unspecified atom stereocenters. The lowest BCUT2D eigenvalue weighted by atomic mass is 9.95. The number of halogens is 1.